The van der Waals surface area contributed by atoms with Gasteiger partial charge in [-0.1, -0.05) is 23.7 Å². The van der Waals surface area contributed by atoms with Crippen molar-refractivity contribution < 1.29 is 9.53 Å². The van der Waals surface area contributed by atoms with Crippen LogP contribution in [0.4, 0.5) is 0 Å². The van der Waals surface area contributed by atoms with Crippen molar-refractivity contribution in [3.63, 3.8) is 0 Å². The van der Waals surface area contributed by atoms with E-state index in [4.69, 9.17) is 16.3 Å². The third-order valence-electron chi connectivity index (χ3n) is 2.82. The Kier molecular flexibility index (Phi) is 2.49. The summed E-state index contributed by atoms with van der Waals surface area (Å²) in [5.74, 6) is 0.196. The Morgan fingerprint density at radius 3 is 2.83 bits per heavy atom. The smallest absolute Gasteiger partial charge is 0.308 e. The Balaban J connectivity index is 2.26. The van der Waals surface area contributed by atoms with Gasteiger partial charge in [-0.05, 0) is 18.2 Å². The number of hydrogen-bond acceptors (Lipinski definition) is 2. The SMILES string of the molecule is CC(=O)Oc1ccc2c(c1)[nH]c1c(Cl)cccc12. The highest BCUT2D eigenvalue weighted by atomic mass is 35.5. The highest BCUT2D eigenvalue weighted by Gasteiger charge is 2.08. The Hall–Kier alpha value is -2.00. The molecule has 0 aliphatic carbocycles. The topological polar surface area (TPSA) is 42.1 Å². The Morgan fingerprint density at radius 1 is 1.22 bits per heavy atom. The average Bonchev–Trinajstić information content (AvgIpc) is 2.67. The van der Waals surface area contributed by atoms with Gasteiger partial charge in [0.05, 0.1) is 16.1 Å². The van der Waals surface area contributed by atoms with E-state index in [1.807, 2.05) is 24.3 Å². The molecule has 0 amide bonds. The second-order valence-corrected chi connectivity index (χ2v) is 4.50. The highest BCUT2D eigenvalue weighted by molar-refractivity contribution is 6.36. The molecule has 0 saturated heterocycles. The summed E-state index contributed by atoms with van der Waals surface area (Å²) in [6.45, 7) is 1.38. The van der Waals surface area contributed by atoms with E-state index >= 15 is 0 Å². The first-order valence-corrected chi connectivity index (χ1v) is 5.91. The van der Waals surface area contributed by atoms with E-state index < -0.39 is 0 Å². The van der Waals surface area contributed by atoms with E-state index in [0.717, 1.165) is 21.8 Å². The molecule has 0 fully saturated rings. The maximum atomic E-state index is 10.9. The average molecular weight is 260 g/mol. The van der Waals surface area contributed by atoms with Crippen molar-refractivity contribution in [1.82, 2.24) is 4.98 Å². The largest absolute Gasteiger partial charge is 0.427 e. The summed E-state index contributed by atoms with van der Waals surface area (Å²) >= 11 is 6.14. The first-order valence-electron chi connectivity index (χ1n) is 5.53. The standard InChI is InChI=1S/C14H10ClNO2/c1-8(17)18-9-5-6-10-11-3-2-4-12(15)14(11)16-13(10)7-9/h2-7,16H,1H3. The summed E-state index contributed by atoms with van der Waals surface area (Å²) in [6, 6.07) is 11.3. The number of rotatable bonds is 1. The molecule has 1 N–H and O–H groups in total. The first-order chi connectivity index (χ1) is 8.65. The van der Waals surface area contributed by atoms with Crippen molar-refractivity contribution in [3.8, 4) is 5.75 Å². The van der Waals surface area contributed by atoms with Gasteiger partial charge in [-0.15, -0.1) is 0 Å². The zero-order valence-electron chi connectivity index (χ0n) is 9.66. The summed E-state index contributed by atoms with van der Waals surface area (Å²) in [5.41, 5.74) is 1.80. The van der Waals surface area contributed by atoms with E-state index in [9.17, 15) is 4.79 Å². The maximum Gasteiger partial charge on any atom is 0.308 e. The van der Waals surface area contributed by atoms with Gasteiger partial charge >= 0.3 is 5.97 Å². The first kappa shape index (κ1) is 11.1. The molecule has 18 heavy (non-hydrogen) atoms. The molecule has 2 aromatic carbocycles. The predicted molar refractivity (Wildman–Crippen MR) is 72.1 cm³/mol. The molecule has 0 atom stereocenters. The number of esters is 1. The van der Waals surface area contributed by atoms with E-state index in [1.54, 1.807) is 12.1 Å². The van der Waals surface area contributed by atoms with Gasteiger partial charge in [0.1, 0.15) is 5.75 Å². The monoisotopic (exact) mass is 259 g/mol. The van der Waals surface area contributed by atoms with E-state index in [-0.39, 0.29) is 5.97 Å². The summed E-state index contributed by atoms with van der Waals surface area (Å²) in [5, 5.41) is 2.80. The molecule has 4 heteroatoms. The van der Waals surface area contributed by atoms with E-state index in [0.29, 0.717) is 10.8 Å². The van der Waals surface area contributed by atoms with Crippen LogP contribution in [0.15, 0.2) is 36.4 Å². The van der Waals surface area contributed by atoms with Crippen LogP contribution in [0.5, 0.6) is 5.75 Å². The summed E-state index contributed by atoms with van der Waals surface area (Å²) in [7, 11) is 0. The van der Waals surface area contributed by atoms with Crippen LogP contribution in [0, 0.1) is 0 Å². The lowest BCUT2D eigenvalue weighted by atomic mass is 10.1. The lowest BCUT2D eigenvalue weighted by molar-refractivity contribution is -0.131. The zero-order valence-corrected chi connectivity index (χ0v) is 10.4. The number of benzene rings is 2. The molecular formula is C14H10ClNO2. The normalized spacial score (nSPS) is 11.0. The Bertz CT molecular complexity index is 761. The molecule has 0 unspecified atom stereocenters. The van der Waals surface area contributed by atoms with Crippen molar-refractivity contribution >= 4 is 39.4 Å². The number of ether oxygens (including phenoxy) is 1. The number of aromatic nitrogens is 1. The van der Waals surface area contributed by atoms with Crippen LogP contribution in [0.1, 0.15) is 6.92 Å². The number of nitrogens with one attached hydrogen (secondary N) is 1. The molecule has 90 valence electrons. The summed E-state index contributed by atoms with van der Waals surface area (Å²) in [6.07, 6.45) is 0. The molecular weight excluding hydrogens is 250 g/mol. The Morgan fingerprint density at radius 2 is 2.06 bits per heavy atom. The number of hydrogen-bond donors (Lipinski definition) is 1. The number of aromatic amines is 1. The third-order valence-corrected chi connectivity index (χ3v) is 3.13. The lowest BCUT2D eigenvalue weighted by Gasteiger charge is -2.00. The number of para-hydroxylation sites is 1. The molecule has 3 aromatic rings. The van der Waals surface area contributed by atoms with Crippen LogP contribution in [0.2, 0.25) is 5.02 Å². The molecule has 3 rings (SSSR count). The second kappa shape index (κ2) is 4.03. The zero-order chi connectivity index (χ0) is 12.7. The number of fused-ring (bicyclic) bond motifs is 3. The predicted octanol–water partition coefficient (Wildman–Crippen LogP) is 3.90. The fraction of sp³-hybridized carbons (Fsp3) is 0.0714. The van der Waals surface area contributed by atoms with Gasteiger partial charge in [-0.3, -0.25) is 4.79 Å². The van der Waals surface area contributed by atoms with Gasteiger partial charge in [0.25, 0.3) is 0 Å². The minimum Gasteiger partial charge on any atom is -0.427 e. The van der Waals surface area contributed by atoms with Crippen molar-refractivity contribution in [2.45, 2.75) is 6.92 Å². The van der Waals surface area contributed by atoms with Gasteiger partial charge in [0, 0.05) is 23.8 Å². The van der Waals surface area contributed by atoms with E-state index in [1.165, 1.54) is 6.92 Å². The van der Waals surface area contributed by atoms with Crippen LogP contribution in [0.25, 0.3) is 21.8 Å². The molecule has 1 heterocycles. The van der Waals surface area contributed by atoms with Crippen LogP contribution in [0.3, 0.4) is 0 Å². The Labute approximate surface area is 108 Å². The minimum atomic E-state index is -0.330. The lowest BCUT2D eigenvalue weighted by Crippen LogP contribution is -2.00. The van der Waals surface area contributed by atoms with E-state index in [2.05, 4.69) is 4.98 Å². The second-order valence-electron chi connectivity index (χ2n) is 4.09. The molecule has 0 aliphatic heterocycles. The summed E-state index contributed by atoms with van der Waals surface area (Å²) in [4.78, 5) is 14.2. The number of halogens is 1. The fourth-order valence-corrected chi connectivity index (χ4v) is 2.32. The van der Waals surface area contributed by atoms with Crippen molar-refractivity contribution in [1.29, 1.82) is 0 Å². The molecule has 0 bridgehead atoms. The van der Waals surface area contributed by atoms with Crippen molar-refractivity contribution in [2.75, 3.05) is 0 Å². The molecule has 0 saturated carbocycles. The number of carbonyl (C=O) groups is 1. The molecule has 0 radical (unpaired) electrons. The van der Waals surface area contributed by atoms with Crippen molar-refractivity contribution in [3.05, 3.63) is 41.4 Å². The molecule has 1 aromatic heterocycles. The quantitative estimate of drug-likeness (QED) is 0.532. The van der Waals surface area contributed by atoms with Gasteiger partial charge in [-0.25, -0.2) is 0 Å². The van der Waals surface area contributed by atoms with Crippen LogP contribution < -0.4 is 4.74 Å². The maximum absolute atomic E-state index is 10.9. The summed E-state index contributed by atoms with van der Waals surface area (Å²) < 4.78 is 5.06. The van der Waals surface area contributed by atoms with Crippen LogP contribution >= 0.6 is 11.6 Å². The van der Waals surface area contributed by atoms with Gasteiger partial charge in [0.15, 0.2) is 0 Å². The minimum absolute atomic E-state index is 0.330. The molecule has 0 spiro atoms. The van der Waals surface area contributed by atoms with Crippen LogP contribution in [-0.2, 0) is 4.79 Å². The number of H-pyrrole nitrogens is 1. The molecule has 0 aliphatic rings. The highest BCUT2D eigenvalue weighted by Crippen LogP contribution is 2.31. The number of carbonyl (C=O) groups excluding carboxylic acids is 1. The van der Waals surface area contributed by atoms with Gasteiger partial charge in [0.2, 0.25) is 0 Å². The van der Waals surface area contributed by atoms with Gasteiger partial charge in [-0.2, -0.15) is 0 Å². The van der Waals surface area contributed by atoms with Gasteiger partial charge < -0.3 is 9.72 Å². The third kappa shape index (κ3) is 1.73. The fourth-order valence-electron chi connectivity index (χ4n) is 2.10. The van der Waals surface area contributed by atoms with Crippen LogP contribution in [-0.4, -0.2) is 11.0 Å². The molecule has 3 nitrogen and oxygen atoms in total. The van der Waals surface area contributed by atoms with Crippen molar-refractivity contribution in [2.24, 2.45) is 0 Å².